The molecule has 4 aromatic rings. The van der Waals surface area contributed by atoms with E-state index in [4.69, 9.17) is 30.9 Å². The molecule has 35 heavy (non-hydrogen) atoms. The number of thioether (sulfide) groups is 1. The summed E-state index contributed by atoms with van der Waals surface area (Å²) in [6.07, 6.45) is 1.43. The van der Waals surface area contributed by atoms with Crippen LogP contribution in [0.1, 0.15) is 17.7 Å². The molecule has 9 heteroatoms. The number of carboxylic acid groups (broad SMARTS) is 1. The molecule has 1 amide bonds. The van der Waals surface area contributed by atoms with Gasteiger partial charge in [0.15, 0.2) is 11.5 Å². The van der Waals surface area contributed by atoms with E-state index in [-0.39, 0.29) is 18.9 Å². The van der Waals surface area contributed by atoms with Crippen molar-refractivity contribution in [2.45, 2.75) is 13.0 Å². The minimum Gasteiger partial charge on any atom is -0.489 e. The fourth-order valence-electron chi connectivity index (χ4n) is 3.56. The summed E-state index contributed by atoms with van der Waals surface area (Å²) in [6, 6.07) is 21.0. The summed E-state index contributed by atoms with van der Waals surface area (Å²) in [7, 11) is 0. The summed E-state index contributed by atoms with van der Waals surface area (Å²) in [4.78, 5) is 25.1. The van der Waals surface area contributed by atoms with Gasteiger partial charge in [-0.05, 0) is 35.9 Å². The molecule has 1 fully saturated rings. The van der Waals surface area contributed by atoms with Crippen molar-refractivity contribution in [2.24, 2.45) is 0 Å². The smallest absolute Gasteiger partial charge is 0.305 e. The highest BCUT2D eigenvalue weighted by Crippen LogP contribution is 2.35. The first-order valence-corrected chi connectivity index (χ1v) is 12.0. The van der Waals surface area contributed by atoms with Crippen molar-refractivity contribution >= 4 is 57.2 Å². The third kappa shape index (κ3) is 5.16. The maximum Gasteiger partial charge on any atom is 0.305 e. The van der Waals surface area contributed by atoms with Crippen molar-refractivity contribution in [3.8, 4) is 17.3 Å². The number of fused-ring (bicyclic) bond motifs is 1. The van der Waals surface area contributed by atoms with Crippen LogP contribution in [0.25, 0.3) is 28.6 Å². The lowest BCUT2D eigenvalue weighted by atomic mass is 10.2. The van der Waals surface area contributed by atoms with Crippen LogP contribution < -0.4 is 4.74 Å². The van der Waals surface area contributed by atoms with Crippen LogP contribution in [0.4, 0.5) is 0 Å². The number of aliphatic carboxylic acids is 1. The second-order valence-electron chi connectivity index (χ2n) is 7.76. The first-order valence-electron chi connectivity index (χ1n) is 10.7. The quantitative estimate of drug-likeness (QED) is 0.232. The topological polar surface area (TPSA) is 93.1 Å². The Morgan fingerprint density at radius 3 is 2.69 bits per heavy atom. The van der Waals surface area contributed by atoms with E-state index in [9.17, 15) is 9.59 Å². The van der Waals surface area contributed by atoms with Gasteiger partial charge >= 0.3 is 5.97 Å². The molecule has 0 spiro atoms. The summed E-state index contributed by atoms with van der Waals surface area (Å²) < 4.78 is 18.1. The monoisotopic (exact) mass is 505 g/mol. The number of rotatable bonds is 8. The average Bonchev–Trinajstić information content (AvgIpc) is 3.55. The van der Waals surface area contributed by atoms with E-state index in [0.717, 1.165) is 22.7 Å². The van der Waals surface area contributed by atoms with Gasteiger partial charge in [-0.1, -0.05) is 54.3 Å². The molecule has 2 aromatic carbocycles. The van der Waals surface area contributed by atoms with Crippen molar-refractivity contribution in [2.75, 3.05) is 6.54 Å². The van der Waals surface area contributed by atoms with Crippen LogP contribution in [0.3, 0.4) is 0 Å². The summed E-state index contributed by atoms with van der Waals surface area (Å²) in [5, 5.41) is 9.77. The van der Waals surface area contributed by atoms with Gasteiger partial charge in [0, 0.05) is 24.1 Å². The number of carbonyl (C=O) groups is 2. The van der Waals surface area contributed by atoms with Crippen LogP contribution in [0.5, 0.6) is 5.75 Å². The highest BCUT2D eigenvalue weighted by atomic mass is 32.2. The molecule has 1 aliphatic rings. The molecule has 0 radical (unpaired) electrons. The summed E-state index contributed by atoms with van der Waals surface area (Å²) >= 11 is 6.34. The molecular formula is C26H19NO6S2. The van der Waals surface area contributed by atoms with E-state index < -0.39 is 5.97 Å². The average molecular weight is 506 g/mol. The molecule has 3 heterocycles. The van der Waals surface area contributed by atoms with E-state index in [1.54, 1.807) is 18.2 Å². The molecule has 0 atom stereocenters. The first kappa shape index (κ1) is 22.9. The van der Waals surface area contributed by atoms with E-state index in [1.807, 2.05) is 54.6 Å². The van der Waals surface area contributed by atoms with Crippen LogP contribution in [0, 0.1) is 0 Å². The van der Waals surface area contributed by atoms with Gasteiger partial charge in [0.25, 0.3) is 5.91 Å². The molecular weight excluding hydrogens is 486 g/mol. The lowest BCUT2D eigenvalue weighted by Gasteiger charge is -2.12. The number of amides is 1. The van der Waals surface area contributed by atoms with Gasteiger partial charge in [0.2, 0.25) is 0 Å². The maximum atomic E-state index is 12.6. The number of benzene rings is 2. The molecule has 0 aliphatic carbocycles. The fourth-order valence-corrected chi connectivity index (χ4v) is 4.84. The van der Waals surface area contributed by atoms with Crippen LogP contribution >= 0.6 is 24.0 Å². The Labute approximate surface area is 210 Å². The summed E-state index contributed by atoms with van der Waals surface area (Å²) in [6.45, 7) is 0.501. The van der Waals surface area contributed by atoms with Crippen molar-refractivity contribution in [1.29, 1.82) is 0 Å². The summed E-state index contributed by atoms with van der Waals surface area (Å²) in [5.74, 6) is 0.915. The fraction of sp³-hybridized carbons (Fsp3) is 0.115. The molecule has 1 saturated heterocycles. The van der Waals surface area contributed by atoms with E-state index >= 15 is 0 Å². The van der Waals surface area contributed by atoms with Gasteiger partial charge in [0.05, 0.1) is 11.3 Å². The Morgan fingerprint density at radius 2 is 1.89 bits per heavy atom. The van der Waals surface area contributed by atoms with Gasteiger partial charge in [0.1, 0.15) is 28.0 Å². The van der Waals surface area contributed by atoms with Crippen LogP contribution in [0.15, 0.2) is 80.5 Å². The van der Waals surface area contributed by atoms with Gasteiger partial charge in [-0.2, -0.15) is 0 Å². The number of hydrogen-bond acceptors (Lipinski definition) is 7. The van der Waals surface area contributed by atoms with E-state index in [1.165, 1.54) is 4.90 Å². The number of thiocarbonyl (C=S) groups is 1. The van der Waals surface area contributed by atoms with E-state index in [2.05, 4.69) is 0 Å². The Kier molecular flexibility index (Phi) is 6.43. The Hall–Kier alpha value is -3.82. The van der Waals surface area contributed by atoms with Gasteiger partial charge in [-0.25, -0.2) is 0 Å². The molecule has 0 unspecified atom stereocenters. The van der Waals surface area contributed by atoms with Gasteiger partial charge in [-0.3, -0.25) is 14.5 Å². The summed E-state index contributed by atoms with van der Waals surface area (Å²) in [5.41, 5.74) is 1.75. The number of carboxylic acids is 1. The normalized spacial score (nSPS) is 14.9. The Balaban J connectivity index is 1.30. The molecule has 1 N–H and O–H groups in total. The molecule has 5 rings (SSSR count). The second kappa shape index (κ2) is 9.81. The molecule has 7 nitrogen and oxygen atoms in total. The predicted molar refractivity (Wildman–Crippen MR) is 137 cm³/mol. The molecule has 176 valence electrons. The second-order valence-corrected chi connectivity index (χ2v) is 9.44. The van der Waals surface area contributed by atoms with Crippen LogP contribution in [-0.4, -0.2) is 32.7 Å². The van der Waals surface area contributed by atoms with Crippen LogP contribution in [-0.2, 0) is 16.2 Å². The third-order valence-corrected chi connectivity index (χ3v) is 6.68. The number of furan rings is 2. The lowest BCUT2D eigenvalue weighted by molar-refractivity contribution is -0.137. The largest absolute Gasteiger partial charge is 0.489 e. The lowest BCUT2D eigenvalue weighted by Crippen LogP contribution is -2.30. The van der Waals surface area contributed by atoms with Gasteiger partial charge < -0.3 is 18.7 Å². The van der Waals surface area contributed by atoms with Crippen molar-refractivity contribution < 1.29 is 28.3 Å². The molecule has 0 saturated carbocycles. The highest BCUT2D eigenvalue weighted by Gasteiger charge is 2.32. The van der Waals surface area contributed by atoms with Gasteiger partial charge in [-0.15, -0.1) is 0 Å². The number of carbonyl (C=O) groups excluding carboxylic acids is 1. The third-order valence-electron chi connectivity index (χ3n) is 5.31. The zero-order valence-electron chi connectivity index (χ0n) is 18.3. The van der Waals surface area contributed by atoms with E-state index in [0.29, 0.717) is 44.4 Å². The number of ether oxygens (including phenoxy) is 1. The Bertz CT molecular complexity index is 1450. The highest BCUT2D eigenvalue weighted by molar-refractivity contribution is 8.26. The maximum absolute atomic E-state index is 12.6. The molecule has 0 bridgehead atoms. The zero-order valence-corrected chi connectivity index (χ0v) is 19.9. The van der Waals surface area contributed by atoms with Crippen LogP contribution in [0.2, 0.25) is 0 Å². The van der Waals surface area contributed by atoms with Crippen molar-refractivity contribution in [3.05, 3.63) is 83.0 Å². The zero-order chi connectivity index (χ0) is 24.4. The SMILES string of the molecule is O=C(O)CCN1C(=O)C(=Cc2ccc(-c3cc4ccc(OCc5ccccc5)cc4o3)o2)SC1=S. The Morgan fingerprint density at radius 1 is 1.06 bits per heavy atom. The minimum atomic E-state index is -0.987. The van der Waals surface area contributed by atoms with Crippen molar-refractivity contribution in [3.63, 3.8) is 0 Å². The standard InChI is InChI=1S/C26H19NO6S2/c28-24(29)10-11-27-25(30)23(35-26(27)34)14-19-8-9-20(32-19)22-12-17-6-7-18(13-21(17)33-22)31-15-16-4-2-1-3-5-16/h1-9,12-14H,10-11,15H2,(H,28,29). The molecule has 2 aromatic heterocycles. The number of hydrogen-bond donors (Lipinski definition) is 1. The minimum absolute atomic E-state index is 0.0385. The molecule has 1 aliphatic heterocycles. The predicted octanol–water partition coefficient (Wildman–Crippen LogP) is 5.95. The van der Waals surface area contributed by atoms with Crippen molar-refractivity contribution in [1.82, 2.24) is 4.90 Å². The first-order chi connectivity index (χ1) is 17.0. The number of nitrogens with zero attached hydrogens (tertiary/aromatic N) is 1.